The minimum absolute atomic E-state index is 0.0162. The molecule has 4 bridgehead atoms. The van der Waals surface area contributed by atoms with Crippen molar-refractivity contribution in [3.05, 3.63) is 83.4 Å². The molecule has 6 atom stereocenters. The van der Waals surface area contributed by atoms with Crippen molar-refractivity contribution in [2.24, 2.45) is 5.92 Å². The van der Waals surface area contributed by atoms with Crippen molar-refractivity contribution in [2.75, 3.05) is 13.7 Å². The maximum atomic E-state index is 14.0. The van der Waals surface area contributed by atoms with E-state index in [9.17, 15) is 24.3 Å². The second kappa shape index (κ2) is 16.4. The van der Waals surface area contributed by atoms with Gasteiger partial charge in [-0.25, -0.2) is 5.43 Å². The quantitative estimate of drug-likeness (QED) is 0.290. The van der Waals surface area contributed by atoms with Gasteiger partial charge in [0.1, 0.15) is 30.0 Å². The van der Waals surface area contributed by atoms with E-state index < -0.39 is 54.0 Å². The minimum atomic E-state index is -1.12. The summed E-state index contributed by atoms with van der Waals surface area (Å²) in [4.78, 5) is 54.4. The number of rotatable bonds is 4. The van der Waals surface area contributed by atoms with Gasteiger partial charge in [-0.05, 0) is 80.0 Å². The van der Waals surface area contributed by atoms with Crippen LogP contribution >= 0.6 is 0 Å². The highest BCUT2D eigenvalue weighted by atomic mass is 16.5. The molecule has 1 saturated heterocycles. The standard InChI is InChI=1S/C36H46N4O7/c1-22(2)32-34(43)37-30(21-26-13-9-15-28(41)20-26)35(44)40-18-10-16-29(39-40)36(45)47-24(4)27-14-8-12-25(19-27)11-6-7-17-31(46-5)23(3)33(42)38-32/h6,8-9,11-15,19-20,23-24,29-32,39,41H,1,7,10,16-18,21H2,2-5H3,(H,37,43)(H,38,42). The molecule has 4 rings (SSSR count). The number of hydrogen-bond donors (Lipinski definition) is 4. The fraction of sp³-hybridized carbons (Fsp3) is 0.444. The molecule has 4 N–H and O–H groups in total. The molecule has 11 nitrogen and oxygen atoms in total. The number of cyclic esters (lactones) is 1. The molecule has 2 heterocycles. The average molecular weight is 647 g/mol. The molecule has 2 aromatic rings. The van der Waals surface area contributed by atoms with Crippen LogP contribution in [0.2, 0.25) is 0 Å². The third-order valence-electron chi connectivity index (χ3n) is 8.62. The van der Waals surface area contributed by atoms with E-state index in [0.717, 1.165) is 11.1 Å². The summed E-state index contributed by atoms with van der Waals surface area (Å²) in [5.74, 6) is -2.53. The number of fused-ring (bicyclic) bond motifs is 4. The number of hydrogen-bond acceptors (Lipinski definition) is 8. The zero-order chi connectivity index (χ0) is 34.1. The van der Waals surface area contributed by atoms with Gasteiger partial charge in [-0.2, -0.15) is 0 Å². The molecule has 1 fully saturated rings. The van der Waals surface area contributed by atoms with Crippen molar-refractivity contribution < 1.29 is 33.8 Å². The van der Waals surface area contributed by atoms with Gasteiger partial charge in [0.2, 0.25) is 11.8 Å². The van der Waals surface area contributed by atoms with E-state index >= 15 is 0 Å². The molecule has 11 heteroatoms. The lowest BCUT2D eigenvalue weighted by atomic mass is 9.97. The summed E-state index contributed by atoms with van der Waals surface area (Å²) in [6, 6.07) is 11.1. The summed E-state index contributed by atoms with van der Waals surface area (Å²) in [5.41, 5.74) is 5.77. The molecule has 0 spiro atoms. The Labute approximate surface area is 276 Å². The molecule has 2 aliphatic rings. The first-order valence-corrected chi connectivity index (χ1v) is 16.1. The lowest BCUT2D eigenvalue weighted by Crippen LogP contribution is -2.62. The normalized spacial score (nSPS) is 26.7. The predicted molar refractivity (Wildman–Crippen MR) is 178 cm³/mol. The molecule has 3 amide bonds. The van der Waals surface area contributed by atoms with Gasteiger partial charge in [-0.15, -0.1) is 0 Å². The maximum Gasteiger partial charge on any atom is 0.325 e. The zero-order valence-corrected chi connectivity index (χ0v) is 27.5. The number of carbonyl (C=O) groups excluding carboxylic acids is 4. The zero-order valence-electron chi connectivity index (χ0n) is 27.5. The second-order valence-corrected chi connectivity index (χ2v) is 12.3. The largest absolute Gasteiger partial charge is 0.508 e. The van der Waals surface area contributed by atoms with Gasteiger partial charge < -0.3 is 25.2 Å². The fourth-order valence-electron chi connectivity index (χ4n) is 5.82. The number of methoxy groups -OCH3 is 1. The summed E-state index contributed by atoms with van der Waals surface area (Å²) in [5, 5.41) is 17.0. The van der Waals surface area contributed by atoms with Crippen LogP contribution in [-0.2, 0) is 35.1 Å². The first kappa shape index (κ1) is 35.4. The number of benzene rings is 2. The highest BCUT2D eigenvalue weighted by molar-refractivity contribution is 5.94. The number of aromatic hydroxyl groups is 1. The lowest BCUT2D eigenvalue weighted by molar-refractivity contribution is -0.157. The van der Waals surface area contributed by atoms with Crippen molar-refractivity contribution in [3.63, 3.8) is 0 Å². The smallest absolute Gasteiger partial charge is 0.325 e. The third kappa shape index (κ3) is 9.52. The Kier molecular flexibility index (Phi) is 12.3. The van der Waals surface area contributed by atoms with E-state index in [2.05, 4.69) is 22.6 Å². The molecule has 47 heavy (non-hydrogen) atoms. The van der Waals surface area contributed by atoms with Gasteiger partial charge in [0, 0.05) is 20.1 Å². The van der Waals surface area contributed by atoms with Gasteiger partial charge in [-0.3, -0.25) is 24.2 Å². The monoisotopic (exact) mass is 646 g/mol. The summed E-state index contributed by atoms with van der Waals surface area (Å²) >= 11 is 0. The number of hydrazine groups is 1. The molecule has 0 aliphatic carbocycles. The number of nitrogens with zero attached hydrogens (tertiary/aromatic N) is 1. The Hall–Kier alpha value is -4.48. The molecular formula is C36H46N4O7. The van der Waals surface area contributed by atoms with Gasteiger partial charge >= 0.3 is 5.97 Å². The first-order chi connectivity index (χ1) is 22.5. The second-order valence-electron chi connectivity index (χ2n) is 12.3. The number of nitrogens with one attached hydrogen (secondary N) is 3. The number of ether oxygens (including phenoxy) is 2. The molecule has 6 unspecified atom stereocenters. The van der Waals surface area contributed by atoms with Crippen LogP contribution in [0.5, 0.6) is 5.75 Å². The van der Waals surface area contributed by atoms with Crippen molar-refractivity contribution in [1.29, 1.82) is 0 Å². The molecule has 0 radical (unpaired) electrons. The van der Waals surface area contributed by atoms with E-state index in [1.807, 2.05) is 36.4 Å². The molecular weight excluding hydrogens is 600 g/mol. The average Bonchev–Trinajstić information content (AvgIpc) is 3.05. The Morgan fingerprint density at radius 2 is 1.81 bits per heavy atom. The summed E-state index contributed by atoms with van der Waals surface area (Å²) in [7, 11) is 1.55. The summed E-state index contributed by atoms with van der Waals surface area (Å²) in [6.45, 7) is 9.40. The fourth-order valence-corrected chi connectivity index (χ4v) is 5.82. The Morgan fingerprint density at radius 1 is 1.04 bits per heavy atom. The lowest BCUT2D eigenvalue weighted by Gasteiger charge is -2.36. The third-order valence-corrected chi connectivity index (χ3v) is 8.62. The number of allylic oxidation sites excluding steroid dienone is 1. The van der Waals surface area contributed by atoms with Crippen molar-refractivity contribution in [3.8, 4) is 5.75 Å². The molecule has 2 aliphatic heterocycles. The summed E-state index contributed by atoms with van der Waals surface area (Å²) < 4.78 is 11.5. The highest BCUT2D eigenvalue weighted by Gasteiger charge is 2.36. The molecule has 252 valence electrons. The van der Waals surface area contributed by atoms with E-state index in [4.69, 9.17) is 9.47 Å². The maximum absolute atomic E-state index is 14.0. The number of esters is 1. The SMILES string of the molecule is C=C(C)C1NC(=O)C(C)C(OC)CCC=Cc2cccc(c2)C(C)OC(=O)C2CCCN(N2)C(=O)C(Cc2cccc(O)c2)NC1=O. The molecule has 2 aromatic carbocycles. The highest BCUT2D eigenvalue weighted by Crippen LogP contribution is 2.22. The number of amides is 3. The predicted octanol–water partition coefficient (Wildman–Crippen LogP) is 3.74. The van der Waals surface area contributed by atoms with Crippen LogP contribution in [0, 0.1) is 5.92 Å². The first-order valence-electron chi connectivity index (χ1n) is 16.1. The number of phenolic OH excluding ortho intramolecular Hbond substituents is 1. The van der Waals surface area contributed by atoms with Crippen LogP contribution in [0.3, 0.4) is 0 Å². The van der Waals surface area contributed by atoms with Crippen molar-refractivity contribution >= 4 is 29.8 Å². The Morgan fingerprint density at radius 3 is 2.53 bits per heavy atom. The minimum Gasteiger partial charge on any atom is -0.508 e. The van der Waals surface area contributed by atoms with Crippen molar-refractivity contribution in [1.82, 2.24) is 21.1 Å². The van der Waals surface area contributed by atoms with Gasteiger partial charge in [0.15, 0.2) is 0 Å². The van der Waals surface area contributed by atoms with Crippen LogP contribution in [-0.4, -0.2) is 71.7 Å². The topological polar surface area (TPSA) is 146 Å². The van der Waals surface area contributed by atoms with E-state index in [1.165, 1.54) is 17.1 Å². The van der Waals surface area contributed by atoms with Crippen molar-refractivity contribution in [2.45, 2.75) is 83.2 Å². The number of carbonyl (C=O) groups is 4. The molecule has 0 saturated carbocycles. The van der Waals surface area contributed by atoms with Crippen LogP contribution < -0.4 is 16.1 Å². The van der Waals surface area contributed by atoms with Gasteiger partial charge in [0.25, 0.3) is 5.91 Å². The Bertz CT molecular complexity index is 1490. The van der Waals surface area contributed by atoms with E-state index in [-0.39, 0.29) is 18.1 Å². The van der Waals surface area contributed by atoms with Crippen LogP contribution in [0.25, 0.3) is 6.08 Å². The van der Waals surface area contributed by atoms with Crippen LogP contribution in [0.1, 0.15) is 69.2 Å². The van der Waals surface area contributed by atoms with Gasteiger partial charge in [-0.1, -0.05) is 56.0 Å². The molecule has 0 aromatic heterocycles. The van der Waals surface area contributed by atoms with Crippen LogP contribution in [0.4, 0.5) is 0 Å². The van der Waals surface area contributed by atoms with Crippen LogP contribution in [0.15, 0.2) is 66.8 Å². The summed E-state index contributed by atoms with van der Waals surface area (Å²) in [6.07, 6.45) is 5.27. The Balaban J connectivity index is 1.67. The van der Waals surface area contributed by atoms with E-state index in [1.54, 1.807) is 40.0 Å². The van der Waals surface area contributed by atoms with E-state index in [0.29, 0.717) is 43.4 Å². The number of phenols is 1. The van der Waals surface area contributed by atoms with Gasteiger partial charge in [0.05, 0.1) is 12.0 Å².